The zero-order valence-electron chi connectivity index (χ0n) is 15.1. The summed E-state index contributed by atoms with van der Waals surface area (Å²) in [6.07, 6.45) is 4.57. The number of nitrogens with zero attached hydrogens (tertiary/aromatic N) is 5. The molecule has 0 N–H and O–H groups in total. The van der Waals surface area contributed by atoms with Crippen LogP contribution >= 0.6 is 0 Å². The quantitative estimate of drug-likeness (QED) is 0.640. The fraction of sp³-hybridized carbons (Fsp3) is 0.263. The molecule has 0 saturated carbocycles. The van der Waals surface area contributed by atoms with Crippen LogP contribution in [-0.2, 0) is 11.3 Å². The maximum Gasteiger partial charge on any atom is 0.256 e. The van der Waals surface area contributed by atoms with Gasteiger partial charge in [0.15, 0.2) is 0 Å². The Labute approximate surface area is 156 Å². The first kappa shape index (κ1) is 18.7. The molecule has 0 bridgehead atoms. The number of pyridine rings is 1. The number of amides is 1. The van der Waals surface area contributed by atoms with Crippen LogP contribution < -0.4 is 0 Å². The first-order chi connectivity index (χ1) is 13.1. The van der Waals surface area contributed by atoms with Crippen molar-refractivity contribution in [1.82, 2.24) is 24.6 Å². The van der Waals surface area contributed by atoms with Crippen LogP contribution in [0.4, 0.5) is 4.39 Å². The molecular weight excluding hydrogens is 349 g/mol. The number of methoxy groups -OCH3 is 1. The van der Waals surface area contributed by atoms with E-state index in [1.54, 1.807) is 40.8 Å². The summed E-state index contributed by atoms with van der Waals surface area (Å²) in [5.41, 5.74) is 1.14. The summed E-state index contributed by atoms with van der Waals surface area (Å²) in [4.78, 5) is 19.0. The van der Waals surface area contributed by atoms with Crippen LogP contribution in [-0.4, -0.2) is 50.3 Å². The summed E-state index contributed by atoms with van der Waals surface area (Å²) < 4.78 is 20.4. The minimum atomic E-state index is -0.334. The van der Waals surface area contributed by atoms with E-state index >= 15 is 0 Å². The first-order valence-electron chi connectivity index (χ1n) is 8.44. The summed E-state index contributed by atoms with van der Waals surface area (Å²) >= 11 is 0. The molecule has 27 heavy (non-hydrogen) atoms. The minimum Gasteiger partial charge on any atom is -0.383 e. The van der Waals surface area contributed by atoms with Gasteiger partial charge in [0, 0.05) is 19.9 Å². The van der Waals surface area contributed by atoms with Gasteiger partial charge in [-0.05, 0) is 36.8 Å². The van der Waals surface area contributed by atoms with Crippen molar-refractivity contribution in [1.29, 1.82) is 0 Å². The number of ether oxygens (including phenoxy) is 1. The van der Waals surface area contributed by atoms with Crippen LogP contribution in [0.3, 0.4) is 0 Å². The van der Waals surface area contributed by atoms with Gasteiger partial charge < -0.3 is 9.64 Å². The fourth-order valence-electron chi connectivity index (χ4n) is 2.74. The molecular formula is C19H20FN5O2. The predicted molar refractivity (Wildman–Crippen MR) is 96.8 cm³/mol. The van der Waals surface area contributed by atoms with E-state index in [9.17, 15) is 9.18 Å². The highest BCUT2D eigenvalue weighted by Crippen LogP contribution is 2.15. The third kappa shape index (κ3) is 4.53. The lowest BCUT2D eigenvalue weighted by molar-refractivity contribution is 0.0541. The van der Waals surface area contributed by atoms with Crippen LogP contribution in [0.15, 0.2) is 55.2 Å². The topological polar surface area (TPSA) is 73.1 Å². The molecule has 0 aliphatic heterocycles. The zero-order chi connectivity index (χ0) is 19.2. The van der Waals surface area contributed by atoms with E-state index in [0.29, 0.717) is 23.6 Å². The third-order valence-corrected chi connectivity index (χ3v) is 4.12. The second-order valence-corrected chi connectivity index (χ2v) is 6.14. The highest BCUT2D eigenvalue weighted by atomic mass is 19.1. The fourth-order valence-corrected chi connectivity index (χ4v) is 2.74. The molecule has 0 unspecified atom stereocenters. The summed E-state index contributed by atoms with van der Waals surface area (Å²) in [7, 11) is 1.58. The van der Waals surface area contributed by atoms with Gasteiger partial charge in [0.05, 0.1) is 18.2 Å². The zero-order valence-corrected chi connectivity index (χ0v) is 15.1. The van der Waals surface area contributed by atoms with E-state index < -0.39 is 0 Å². The van der Waals surface area contributed by atoms with Gasteiger partial charge in [-0.1, -0.05) is 12.1 Å². The van der Waals surface area contributed by atoms with Crippen molar-refractivity contribution < 1.29 is 13.9 Å². The van der Waals surface area contributed by atoms with E-state index in [1.165, 1.54) is 31.0 Å². The molecule has 0 aliphatic carbocycles. The Morgan fingerprint density at radius 2 is 2.04 bits per heavy atom. The minimum absolute atomic E-state index is 0.191. The predicted octanol–water partition coefficient (Wildman–Crippen LogP) is 2.48. The summed E-state index contributed by atoms with van der Waals surface area (Å²) in [6, 6.07) is 9.44. The Bertz CT molecular complexity index is 883. The van der Waals surface area contributed by atoms with Gasteiger partial charge >= 0.3 is 0 Å². The Kier molecular flexibility index (Phi) is 5.87. The number of hydrogen-bond acceptors (Lipinski definition) is 5. The van der Waals surface area contributed by atoms with Crippen molar-refractivity contribution in [2.24, 2.45) is 0 Å². The van der Waals surface area contributed by atoms with E-state index in [0.717, 1.165) is 0 Å². The molecule has 2 aromatic heterocycles. The SMILES string of the molecule is COC[C@@H](C)N(Cc1cccc(F)c1)C(=O)c1ccc(-n2cnnc2)nc1. The number of rotatable bonds is 7. The molecule has 7 nitrogen and oxygen atoms in total. The normalized spacial score (nSPS) is 12.0. The number of hydrogen-bond donors (Lipinski definition) is 0. The van der Waals surface area contributed by atoms with Crippen molar-refractivity contribution in [2.75, 3.05) is 13.7 Å². The van der Waals surface area contributed by atoms with Crippen molar-refractivity contribution in [2.45, 2.75) is 19.5 Å². The average Bonchev–Trinajstić information content (AvgIpc) is 3.21. The number of halogens is 1. The smallest absolute Gasteiger partial charge is 0.256 e. The molecule has 1 atom stereocenters. The Hall–Kier alpha value is -3.13. The summed E-state index contributed by atoms with van der Waals surface area (Å²) in [5.74, 6) is 0.0732. The van der Waals surface area contributed by atoms with Gasteiger partial charge in [0.1, 0.15) is 24.3 Å². The number of carbonyl (C=O) groups is 1. The second kappa shape index (κ2) is 8.50. The molecule has 8 heteroatoms. The van der Waals surface area contributed by atoms with Crippen molar-refractivity contribution >= 4 is 5.91 Å². The summed E-state index contributed by atoms with van der Waals surface area (Å²) in [6.45, 7) is 2.53. The van der Waals surface area contributed by atoms with Gasteiger partial charge in [0.25, 0.3) is 5.91 Å². The molecule has 0 saturated heterocycles. The van der Waals surface area contributed by atoms with E-state index in [4.69, 9.17) is 4.74 Å². The third-order valence-electron chi connectivity index (χ3n) is 4.12. The van der Waals surface area contributed by atoms with Crippen LogP contribution in [0.25, 0.3) is 5.82 Å². The Morgan fingerprint density at radius 3 is 2.67 bits per heavy atom. The van der Waals surface area contributed by atoms with Gasteiger partial charge in [-0.25, -0.2) is 9.37 Å². The number of aromatic nitrogens is 4. The Morgan fingerprint density at radius 1 is 1.26 bits per heavy atom. The van der Waals surface area contributed by atoms with Crippen LogP contribution in [0, 0.1) is 5.82 Å². The molecule has 1 amide bonds. The molecule has 2 heterocycles. The Balaban J connectivity index is 1.83. The van der Waals surface area contributed by atoms with Crippen molar-refractivity contribution in [3.05, 3.63) is 72.2 Å². The molecule has 0 spiro atoms. The first-order valence-corrected chi connectivity index (χ1v) is 8.44. The van der Waals surface area contributed by atoms with Crippen LogP contribution in [0.1, 0.15) is 22.8 Å². The van der Waals surface area contributed by atoms with Gasteiger partial charge in [-0.2, -0.15) is 0 Å². The number of carbonyl (C=O) groups excluding carboxylic acids is 1. The lowest BCUT2D eigenvalue weighted by Gasteiger charge is -2.29. The maximum atomic E-state index is 13.5. The van der Waals surface area contributed by atoms with Gasteiger partial charge in [0.2, 0.25) is 0 Å². The second-order valence-electron chi connectivity index (χ2n) is 6.14. The molecule has 140 valence electrons. The van der Waals surface area contributed by atoms with Crippen molar-refractivity contribution in [3.8, 4) is 5.82 Å². The summed E-state index contributed by atoms with van der Waals surface area (Å²) in [5, 5.41) is 7.47. The molecule has 0 radical (unpaired) electrons. The molecule has 1 aromatic carbocycles. The maximum absolute atomic E-state index is 13.5. The van der Waals surface area contributed by atoms with Gasteiger partial charge in [-0.15, -0.1) is 10.2 Å². The molecule has 3 aromatic rings. The molecule has 3 rings (SSSR count). The highest BCUT2D eigenvalue weighted by Gasteiger charge is 2.22. The van der Waals surface area contributed by atoms with Crippen LogP contribution in [0.5, 0.6) is 0 Å². The molecule has 0 aliphatic rings. The highest BCUT2D eigenvalue weighted by molar-refractivity contribution is 5.94. The van der Waals surface area contributed by atoms with E-state index in [2.05, 4.69) is 15.2 Å². The van der Waals surface area contributed by atoms with E-state index in [1.807, 2.05) is 6.92 Å². The van der Waals surface area contributed by atoms with E-state index in [-0.39, 0.29) is 24.3 Å². The molecule has 0 fully saturated rings. The van der Waals surface area contributed by atoms with Gasteiger partial charge in [-0.3, -0.25) is 9.36 Å². The largest absolute Gasteiger partial charge is 0.383 e. The lowest BCUT2D eigenvalue weighted by atomic mass is 10.1. The number of benzene rings is 1. The lowest BCUT2D eigenvalue weighted by Crippen LogP contribution is -2.40. The van der Waals surface area contributed by atoms with Crippen LogP contribution in [0.2, 0.25) is 0 Å². The van der Waals surface area contributed by atoms with Crippen molar-refractivity contribution in [3.63, 3.8) is 0 Å². The average molecular weight is 369 g/mol. The standard InChI is InChI=1S/C19H20FN5O2/c1-14(11-27-2)25(10-15-4-3-5-17(20)8-15)19(26)16-6-7-18(21-9-16)24-12-22-23-13-24/h3-9,12-14H,10-11H2,1-2H3/t14-/m1/s1. The monoisotopic (exact) mass is 369 g/mol.